The van der Waals surface area contributed by atoms with E-state index in [1.807, 2.05) is 13.8 Å². The van der Waals surface area contributed by atoms with Crippen molar-refractivity contribution in [2.75, 3.05) is 13.1 Å². The van der Waals surface area contributed by atoms with Gasteiger partial charge >= 0.3 is 0 Å². The summed E-state index contributed by atoms with van der Waals surface area (Å²) in [6, 6.07) is 6.03. The maximum atomic E-state index is 12.6. The Labute approximate surface area is 95.4 Å². The second-order valence-corrected chi connectivity index (χ2v) is 3.40. The van der Waals surface area contributed by atoms with Crippen LogP contribution in [0.25, 0.3) is 6.08 Å². The molecule has 0 atom stereocenters. The summed E-state index contributed by atoms with van der Waals surface area (Å²) >= 11 is 0. The summed E-state index contributed by atoms with van der Waals surface area (Å²) in [6.45, 7) is 5.27. The Morgan fingerprint density at radius 3 is 2.31 bits per heavy atom. The highest BCUT2D eigenvalue weighted by Crippen LogP contribution is 2.05. The number of carbonyl (C=O) groups is 1. The van der Waals surface area contributed by atoms with Gasteiger partial charge in [0.25, 0.3) is 0 Å². The Balaban J connectivity index is 2.66. The molecule has 1 aromatic carbocycles. The van der Waals surface area contributed by atoms with E-state index >= 15 is 0 Å². The van der Waals surface area contributed by atoms with E-state index in [1.54, 1.807) is 23.1 Å². The van der Waals surface area contributed by atoms with Crippen LogP contribution in [0, 0.1) is 5.82 Å². The third kappa shape index (κ3) is 3.50. The number of likely N-dealkylation sites (N-methyl/N-ethyl adjacent to an activating group) is 1. The summed E-state index contributed by atoms with van der Waals surface area (Å²) in [5.41, 5.74) is 0.821. The molecule has 0 fully saturated rings. The van der Waals surface area contributed by atoms with Crippen LogP contribution >= 0.6 is 0 Å². The van der Waals surface area contributed by atoms with Gasteiger partial charge in [0.15, 0.2) is 0 Å². The van der Waals surface area contributed by atoms with Gasteiger partial charge in [-0.1, -0.05) is 12.1 Å². The molecule has 3 heteroatoms. The summed E-state index contributed by atoms with van der Waals surface area (Å²) in [5.74, 6) is -0.290. The van der Waals surface area contributed by atoms with Crippen LogP contribution in [-0.4, -0.2) is 23.9 Å². The molecule has 0 saturated heterocycles. The number of hydrogen-bond donors (Lipinski definition) is 0. The molecule has 1 aromatic rings. The largest absolute Gasteiger partial charge is 0.340 e. The van der Waals surface area contributed by atoms with Crippen LogP contribution < -0.4 is 0 Å². The monoisotopic (exact) mass is 221 g/mol. The van der Waals surface area contributed by atoms with Gasteiger partial charge in [0.2, 0.25) is 5.91 Å². The van der Waals surface area contributed by atoms with E-state index in [-0.39, 0.29) is 11.7 Å². The Bertz CT molecular complexity index is 366. The molecule has 0 heterocycles. The first kappa shape index (κ1) is 12.4. The van der Waals surface area contributed by atoms with Crippen LogP contribution in [0.5, 0.6) is 0 Å². The second-order valence-electron chi connectivity index (χ2n) is 3.40. The summed E-state index contributed by atoms with van der Waals surface area (Å²) in [7, 11) is 0. The number of nitrogens with zero attached hydrogens (tertiary/aromatic N) is 1. The number of halogens is 1. The van der Waals surface area contributed by atoms with E-state index in [0.29, 0.717) is 13.1 Å². The van der Waals surface area contributed by atoms with Crippen molar-refractivity contribution >= 4 is 12.0 Å². The van der Waals surface area contributed by atoms with Gasteiger partial charge in [0, 0.05) is 19.2 Å². The number of amides is 1. The molecular weight excluding hydrogens is 205 g/mol. The van der Waals surface area contributed by atoms with Crippen LogP contribution in [0.15, 0.2) is 30.3 Å². The average Bonchev–Trinajstić information content (AvgIpc) is 2.30. The molecule has 0 radical (unpaired) electrons. The van der Waals surface area contributed by atoms with Gasteiger partial charge in [-0.3, -0.25) is 4.79 Å². The van der Waals surface area contributed by atoms with Gasteiger partial charge in [-0.05, 0) is 37.6 Å². The molecule has 0 N–H and O–H groups in total. The molecule has 16 heavy (non-hydrogen) atoms. The zero-order chi connectivity index (χ0) is 12.0. The fraction of sp³-hybridized carbons (Fsp3) is 0.308. The first-order valence-corrected chi connectivity index (χ1v) is 5.40. The lowest BCUT2D eigenvalue weighted by molar-refractivity contribution is -0.125. The van der Waals surface area contributed by atoms with E-state index in [9.17, 15) is 9.18 Å². The van der Waals surface area contributed by atoms with Crippen molar-refractivity contribution in [2.24, 2.45) is 0 Å². The normalized spacial score (nSPS) is 10.7. The van der Waals surface area contributed by atoms with E-state index in [2.05, 4.69) is 0 Å². The van der Waals surface area contributed by atoms with Crippen LogP contribution in [0.1, 0.15) is 19.4 Å². The van der Waals surface area contributed by atoms with Crippen molar-refractivity contribution in [3.63, 3.8) is 0 Å². The molecule has 2 nitrogen and oxygen atoms in total. The molecule has 0 aliphatic rings. The van der Waals surface area contributed by atoms with Gasteiger partial charge in [-0.2, -0.15) is 0 Å². The fourth-order valence-corrected chi connectivity index (χ4v) is 1.38. The molecule has 0 aliphatic carbocycles. The molecule has 0 spiro atoms. The molecule has 86 valence electrons. The van der Waals surface area contributed by atoms with E-state index in [0.717, 1.165) is 5.56 Å². The lowest BCUT2D eigenvalue weighted by Gasteiger charge is -2.15. The van der Waals surface area contributed by atoms with Crippen LogP contribution in [-0.2, 0) is 4.79 Å². The maximum Gasteiger partial charge on any atom is 0.246 e. The molecule has 0 bridgehead atoms. The van der Waals surface area contributed by atoms with E-state index in [1.165, 1.54) is 18.2 Å². The quantitative estimate of drug-likeness (QED) is 0.716. The van der Waals surface area contributed by atoms with E-state index < -0.39 is 0 Å². The SMILES string of the molecule is CCN(CC)C(=O)/C=C/c1ccc(F)cc1. The van der Waals surface area contributed by atoms with Gasteiger partial charge in [0.05, 0.1) is 0 Å². The van der Waals surface area contributed by atoms with Crippen LogP contribution in [0.3, 0.4) is 0 Å². The Morgan fingerprint density at radius 1 is 1.25 bits per heavy atom. The van der Waals surface area contributed by atoms with Crippen molar-refractivity contribution in [2.45, 2.75) is 13.8 Å². The highest BCUT2D eigenvalue weighted by Gasteiger charge is 2.04. The first-order chi connectivity index (χ1) is 7.67. The predicted molar refractivity (Wildman–Crippen MR) is 63.4 cm³/mol. The third-order valence-electron chi connectivity index (χ3n) is 2.36. The summed E-state index contributed by atoms with van der Waals surface area (Å²) < 4.78 is 12.6. The molecule has 0 unspecified atom stereocenters. The first-order valence-electron chi connectivity index (χ1n) is 5.40. The Morgan fingerprint density at radius 2 is 1.81 bits per heavy atom. The summed E-state index contributed by atoms with van der Waals surface area (Å²) in [6.07, 6.45) is 3.21. The minimum atomic E-state index is -0.271. The predicted octanol–water partition coefficient (Wildman–Crippen LogP) is 2.71. The number of benzene rings is 1. The minimum Gasteiger partial charge on any atom is -0.340 e. The Hall–Kier alpha value is -1.64. The smallest absolute Gasteiger partial charge is 0.246 e. The van der Waals surface area contributed by atoms with Crippen molar-refractivity contribution < 1.29 is 9.18 Å². The van der Waals surface area contributed by atoms with Crippen molar-refractivity contribution in [1.29, 1.82) is 0 Å². The molecule has 0 saturated carbocycles. The van der Waals surface area contributed by atoms with Crippen molar-refractivity contribution in [3.8, 4) is 0 Å². The second kappa shape index (κ2) is 6.05. The van der Waals surface area contributed by atoms with Crippen molar-refractivity contribution in [1.82, 2.24) is 4.90 Å². The van der Waals surface area contributed by atoms with E-state index in [4.69, 9.17) is 0 Å². The number of carbonyl (C=O) groups excluding carboxylic acids is 1. The number of hydrogen-bond acceptors (Lipinski definition) is 1. The lowest BCUT2D eigenvalue weighted by Crippen LogP contribution is -2.28. The van der Waals surface area contributed by atoms with Gasteiger partial charge in [0.1, 0.15) is 5.82 Å². The third-order valence-corrected chi connectivity index (χ3v) is 2.36. The van der Waals surface area contributed by atoms with Crippen molar-refractivity contribution in [3.05, 3.63) is 41.7 Å². The zero-order valence-corrected chi connectivity index (χ0v) is 9.61. The standard InChI is InChI=1S/C13H16FNO/c1-3-15(4-2)13(16)10-7-11-5-8-12(14)9-6-11/h5-10H,3-4H2,1-2H3/b10-7+. The minimum absolute atomic E-state index is 0.0191. The topological polar surface area (TPSA) is 20.3 Å². The molecular formula is C13H16FNO. The molecule has 0 aliphatic heterocycles. The van der Waals surface area contributed by atoms with Gasteiger partial charge in [-0.15, -0.1) is 0 Å². The van der Waals surface area contributed by atoms with Gasteiger partial charge in [-0.25, -0.2) is 4.39 Å². The Kier molecular flexibility index (Phi) is 4.70. The summed E-state index contributed by atoms with van der Waals surface area (Å²) in [4.78, 5) is 13.3. The highest BCUT2D eigenvalue weighted by atomic mass is 19.1. The van der Waals surface area contributed by atoms with Crippen LogP contribution in [0.2, 0.25) is 0 Å². The average molecular weight is 221 g/mol. The molecule has 1 rings (SSSR count). The lowest BCUT2D eigenvalue weighted by atomic mass is 10.2. The zero-order valence-electron chi connectivity index (χ0n) is 9.61. The van der Waals surface area contributed by atoms with Gasteiger partial charge < -0.3 is 4.90 Å². The summed E-state index contributed by atoms with van der Waals surface area (Å²) in [5, 5.41) is 0. The fourth-order valence-electron chi connectivity index (χ4n) is 1.38. The molecule has 1 amide bonds. The maximum absolute atomic E-state index is 12.6. The highest BCUT2D eigenvalue weighted by molar-refractivity contribution is 5.91. The van der Waals surface area contributed by atoms with Crippen LogP contribution in [0.4, 0.5) is 4.39 Å². The number of rotatable bonds is 4. The molecule has 0 aromatic heterocycles.